The Balaban J connectivity index is 1.75. The highest BCUT2D eigenvalue weighted by atomic mass is 32.1. The van der Waals surface area contributed by atoms with E-state index in [1.54, 1.807) is 22.7 Å². The van der Waals surface area contributed by atoms with Crippen molar-refractivity contribution in [2.75, 3.05) is 13.1 Å². The number of nitrogens with zero attached hydrogens (tertiary/aromatic N) is 2. The molecule has 92 valence electrons. The Hall–Kier alpha value is -1.38. The monoisotopic (exact) mass is 276 g/mol. The van der Waals surface area contributed by atoms with Crippen molar-refractivity contribution >= 4 is 38.0 Å². The van der Waals surface area contributed by atoms with Gasteiger partial charge in [-0.25, -0.2) is 0 Å². The number of hydrogen-bond donors (Lipinski definition) is 0. The Morgan fingerprint density at radius 1 is 1.39 bits per heavy atom. The fourth-order valence-electron chi connectivity index (χ4n) is 2.24. The molecule has 0 aliphatic carbocycles. The van der Waals surface area contributed by atoms with E-state index in [9.17, 15) is 4.79 Å². The molecule has 1 amide bonds. The Labute approximate surface area is 113 Å². The molecule has 18 heavy (non-hydrogen) atoms. The lowest BCUT2D eigenvalue weighted by molar-refractivity contribution is 0.0712. The molecule has 3 rings (SSSR count). The standard InChI is InChI=1S/C13H12N2OS2/c14-8-9-1-4-15(5-2-9)13(16)12-7-11-10(18-12)3-6-17-11/h3,6-7,9H,1-2,4-5H2. The molecule has 1 saturated heterocycles. The summed E-state index contributed by atoms with van der Waals surface area (Å²) in [5.41, 5.74) is 0. The first kappa shape index (κ1) is 11.7. The maximum absolute atomic E-state index is 12.3. The van der Waals surface area contributed by atoms with Crippen LogP contribution in [0.25, 0.3) is 9.40 Å². The molecular weight excluding hydrogens is 264 g/mol. The molecule has 1 aliphatic rings. The molecule has 0 saturated carbocycles. The van der Waals surface area contributed by atoms with Crippen molar-refractivity contribution < 1.29 is 4.79 Å². The van der Waals surface area contributed by atoms with Crippen molar-refractivity contribution in [1.29, 1.82) is 5.26 Å². The molecular formula is C13H12N2OS2. The van der Waals surface area contributed by atoms with Gasteiger partial charge in [0, 0.05) is 28.4 Å². The molecule has 0 N–H and O–H groups in total. The SMILES string of the molecule is N#CC1CCN(C(=O)c2cc3sccc3s2)CC1. The molecule has 3 nitrogen and oxygen atoms in total. The van der Waals surface area contributed by atoms with Gasteiger partial charge < -0.3 is 4.90 Å². The van der Waals surface area contributed by atoms with Gasteiger partial charge in [0.2, 0.25) is 0 Å². The van der Waals surface area contributed by atoms with Crippen LogP contribution in [0.1, 0.15) is 22.5 Å². The molecule has 1 fully saturated rings. The smallest absolute Gasteiger partial charge is 0.263 e. The Kier molecular flexibility index (Phi) is 3.06. The van der Waals surface area contributed by atoms with Gasteiger partial charge >= 0.3 is 0 Å². The van der Waals surface area contributed by atoms with Crippen LogP contribution in [0.15, 0.2) is 17.5 Å². The van der Waals surface area contributed by atoms with E-state index < -0.39 is 0 Å². The fourth-order valence-corrected chi connectivity index (χ4v) is 4.32. The van der Waals surface area contributed by atoms with Crippen LogP contribution in [-0.2, 0) is 0 Å². The van der Waals surface area contributed by atoms with E-state index in [0.29, 0.717) is 13.1 Å². The first-order chi connectivity index (χ1) is 8.78. The second kappa shape index (κ2) is 4.71. The van der Waals surface area contributed by atoms with Crippen molar-refractivity contribution in [1.82, 2.24) is 4.90 Å². The molecule has 2 aromatic heterocycles. The molecule has 0 bridgehead atoms. The summed E-state index contributed by atoms with van der Waals surface area (Å²) in [7, 11) is 0. The predicted molar refractivity (Wildman–Crippen MR) is 73.9 cm³/mol. The fraction of sp³-hybridized carbons (Fsp3) is 0.385. The first-order valence-electron chi connectivity index (χ1n) is 5.94. The van der Waals surface area contributed by atoms with Crippen LogP contribution in [0, 0.1) is 17.2 Å². The zero-order valence-electron chi connectivity index (χ0n) is 9.76. The van der Waals surface area contributed by atoms with Gasteiger partial charge in [-0.1, -0.05) is 0 Å². The zero-order chi connectivity index (χ0) is 12.5. The minimum atomic E-state index is 0.125. The maximum atomic E-state index is 12.3. The molecule has 3 heterocycles. The van der Waals surface area contributed by atoms with Gasteiger partial charge in [0.05, 0.1) is 10.9 Å². The highest BCUT2D eigenvalue weighted by molar-refractivity contribution is 7.27. The molecule has 1 aliphatic heterocycles. The highest BCUT2D eigenvalue weighted by Crippen LogP contribution is 2.31. The number of thiophene rings is 2. The molecule has 0 atom stereocenters. The number of rotatable bonds is 1. The van der Waals surface area contributed by atoms with Crippen molar-refractivity contribution in [2.24, 2.45) is 5.92 Å². The van der Waals surface area contributed by atoms with Gasteiger partial charge in [0.15, 0.2) is 0 Å². The number of fused-ring (bicyclic) bond motifs is 1. The van der Waals surface area contributed by atoms with E-state index in [1.165, 1.54) is 9.40 Å². The topological polar surface area (TPSA) is 44.1 Å². The molecule has 2 aromatic rings. The van der Waals surface area contributed by atoms with Gasteiger partial charge in [0.1, 0.15) is 0 Å². The lowest BCUT2D eigenvalue weighted by Crippen LogP contribution is -2.37. The van der Waals surface area contributed by atoms with Gasteiger partial charge in [0.25, 0.3) is 5.91 Å². The minimum Gasteiger partial charge on any atom is -0.338 e. The number of hydrogen-bond acceptors (Lipinski definition) is 4. The van der Waals surface area contributed by atoms with E-state index in [0.717, 1.165) is 17.7 Å². The third kappa shape index (κ3) is 2.02. The van der Waals surface area contributed by atoms with Gasteiger partial charge in [-0.3, -0.25) is 4.79 Å². The summed E-state index contributed by atoms with van der Waals surface area (Å²) in [6.45, 7) is 1.42. The summed E-state index contributed by atoms with van der Waals surface area (Å²) in [6.07, 6.45) is 1.62. The van der Waals surface area contributed by atoms with E-state index in [-0.39, 0.29) is 11.8 Å². The Morgan fingerprint density at radius 2 is 2.17 bits per heavy atom. The second-order valence-corrected chi connectivity index (χ2v) is 6.49. The predicted octanol–water partition coefficient (Wildman–Crippen LogP) is 3.34. The summed E-state index contributed by atoms with van der Waals surface area (Å²) < 4.78 is 2.38. The van der Waals surface area contributed by atoms with Crippen molar-refractivity contribution in [2.45, 2.75) is 12.8 Å². The highest BCUT2D eigenvalue weighted by Gasteiger charge is 2.24. The second-order valence-electron chi connectivity index (χ2n) is 4.46. The van der Waals surface area contributed by atoms with Crippen LogP contribution in [0.4, 0.5) is 0 Å². The lowest BCUT2D eigenvalue weighted by atomic mass is 9.98. The van der Waals surface area contributed by atoms with Crippen LogP contribution in [0.2, 0.25) is 0 Å². The number of likely N-dealkylation sites (tertiary alicyclic amines) is 1. The molecule has 0 aromatic carbocycles. The molecule has 5 heteroatoms. The summed E-state index contributed by atoms with van der Waals surface area (Å²) >= 11 is 3.24. The normalized spacial score (nSPS) is 16.9. The van der Waals surface area contributed by atoms with Gasteiger partial charge in [-0.15, -0.1) is 22.7 Å². The first-order valence-corrected chi connectivity index (χ1v) is 7.63. The molecule has 0 spiro atoms. The van der Waals surface area contributed by atoms with Crippen LogP contribution in [0.5, 0.6) is 0 Å². The van der Waals surface area contributed by atoms with Crippen LogP contribution < -0.4 is 0 Å². The number of carbonyl (C=O) groups excluding carboxylic acids is 1. The number of carbonyl (C=O) groups is 1. The van der Waals surface area contributed by atoms with Gasteiger partial charge in [-0.05, 0) is 30.4 Å². The number of piperidine rings is 1. The molecule has 0 radical (unpaired) electrons. The zero-order valence-corrected chi connectivity index (χ0v) is 11.4. The van der Waals surface area contributed by atoms with Crippen LogP contribution in [0.3, 0.4) is 0 Å². The average molecular weight is 276 g/mol. The van der Waals surface area contributed by atoms with Crippen LogP contribution in [-0.4, -0.2) is 23.9 Å². The third-order valence-corrected chi connectivity index (χ3v) is 5.40. The number of nitriles is 1. The lowest BCUT2D eigenvalue weighted by Gasteiger charge is -2.28. The Morgan fingerprint density at radius 3 is 2.83 bits per heavy atom. The molecule has 0 unspecified atom stereocenters. The van der Waals surface area contributed by atoms with E-state index in [1.807, 2.05) is 16.3 Å². The average Bonchev–Trinajstić information content (AvgIpc) is 2.99. The number of amides is 1. The van der Waals surface area contributed by atoms with E-state index in [4.69, 9.17) is 5.26 Å². The third-order valence-electron chi connectivity index (χ3n) is 3.31. The summed E-state index contributed by atoms with van der Waals surface area (Å²) in [6, 6.07) is 6.34. The van der Waals surface area contributed by atoms with Crippen molar-refractivity contribution in [3.63, 3.8) is 0 Å². The van der Waals surface area contributed by atoms with Crippen LogP contribution >= 0.6 is 22.7 Å². The largest absolute Gasteiger partial charge is 0.338 e. The van der Waals surface area contributed by atoms with E-state index >= 15 is 0 Å². The summed E-state index contributed by atoms with van der Waals surface area (Å²) in [5, 5.41) is 10.9. The van der Waals surface area contributed by atoms with Crippen molar-refractivity contribution in [3.05, 3.63) is 22.4 Å². The van der Waals surface area contributed by atoms with E-state index in [2.05, 4.69) is 12.1 Å². The summed E-state index contributed by atoms with van der Waals surface area (Å²) in [4.78, 5) is 15.0. The maximum Gasteiger partial charge on any atom is 0.263 e. The summed E-state index contributed by atoms with van der Waals surface area (Å²) in [5.74, 6) is 0.251. The Bertz CT molecular complexity index is 586. The minimum absolute atomic E-state index is 0.125. The quantitative estimate of drug-likeness (QED) is 0.802. The van der Waals surface area contributed by atoms with Gasteiger partial charge in [-0.2, -0.15) is 5.26 Å². The van der Waals surface area contributed by atoms with Crippen molar-refractivity contribution in [3.8, 4) is 6.07 Å².